The van der Waals surface area contributed by atoms with E-state index in [1.165, 1.54) is 5.56 Å². The predicted molar refractivity (Wildman–Crippen MR) is 121 cm³/mol. The van der Waals surface area contributed by atoms with Gasteiger partial charge in [-0.05, 0) is 24.6 Å². The molecule has 162 valence electrons. The fourth-order valence-electron chi connectivity index (χ4n) is 3.46. The van der Waals surface area contributed by atoms with Crippen LogP contribution in [0.4, 0.5) is 5.95 Å². The number of para-hydroxylation sites is 1. The van der Waals surface area contributed by atoms with Crippen molar-refractivity contribution in [2.75, 3.05) is 43.6 Å². The molecule has 4 rings (SSSR count). The van der Waals surface area contributed by atoms with Gasteiger partial charge < -0.3 is 14.4 Å². The number of morpholine rings is 1. The highest BCUT2D eigenvalue weighted by atomic mass is 32.2. The SMILES string of the molecule is CC(=O)c1ccccc1OCCSc1nnc(N2CCOCC2)n1Cc1ccccc1. The van der Waals surface area contributed by atoms with Crippen LogP contribution < -0.4 is 9.64 Å². The van der Waals surface area contributed by atoms with Gasteiger partial charge in [0.15, 0.2) is 10.9 Å². The Morgan fingerprint density at radius 2 is 1.81 bits per heavy atom. The normalized spacial score (nSPS) is 13.9. The van der Waals surface area contributed by atoms with Crippen LogP contribution in [0.1, 0.15) is 22.8 Å². The number of carbonyl (C=O) groups is 1. The second-order valence-electron chi connectivity index (χ2n) is 7.20. The molecule has 1 aromatic heterocycles. The molecule has 7 nitrogen and oxygen atoms in total. The third-order valence-corrected chi connectivity index (χ3v) is 5.94. The molecule has 0 bridgehead atoms. The van der Waals surface area contributed by atoms with E-state index in [9.17, 15) is 4.79 Å². The van der Waals surface area contributed by atoms with Gasteiger partial charge in [0, 0.05) is 18.8 Å². The van der Waals surface area contributed by atoms with E-state index in [1.807, 2.05) is 36.4 Å². The zero-order valence-electron chi connectivity index (χ0n) is 17.6. The minimum Gasteiger partial charge on any atom is -0.492 e. The summed E-state index contributed by atoms with van der Waals surface area (Å²) in [5.74, 6) is 2.19. The number of nitrogens with zero attached hydrogens (tertiary/aromatic N) is 4. The Hall–Kier alpha value is -2.84. The predicted octanol–water partition coefficient (Wildman–Crippen LogP) is 3.54. The van der Waals surface area contributed by atoms with E-state index in [0.717, 1.165) is 24.2 Å². The fraction of sp³-hybridized carbons (Fsp3) is 0.348. The molecule has 1 fully saturated rings. The van der Waals surface area contributed by atoms with E-state index in [1.54, 1.807) is 24.8 Å². The van der Waals surface area contributed by atoms with E-state index in [4.69, 9.17) is 9.47 Å². The van der Waals surface area contributed by atoms with Crippen LogP contribution in [0.3, 0.4) is 0 Å². The van der Waals surface area contributed by atoms with Crippen LogP contribution in [0.15, 0.2) is 59.8 Å². The first-order chi connectivity index (χ1) is 15.2. The summed E-state index contributed by atoms with van der Waals surface area (Å²) in [7, 11) is 0. The first kappa shape index (κ1) is 21.4. The Labute approximate surface area is 186 Å². The molecule has 31 heavy (non-hydrogen) atoms. The number of ether oxygens (including phenoxy) is 2. The van der Waals surface area contributed by atoms with Crippen molar-refractivity contribution in [1.29, 1.82) is 0 Å². The molecule has 1 aliphatic heterocycles. The van der Waals surface area contributed by atoms with Crippen molar-refractivity contribution < 1.29 is 14.3 Å². The lowest BCUT2D eigenvalue weighted by molar-refractivity contribution is 0.101. The number of ketones is 1. The number of carbonyl (C=O) groups excluding carboxylic acids is 1. The van der Waals surface area contributed by atoms with Crippen LogP contribution >= 0.6 is 11.8 Å². The summed E-state index contributed by atoms with van der Waals surface area (Å²) in [6.07, 6.45) is 0. The van der Waals surface area contributed by atoms with E-state index < -0.39 is 0 Å². The number of thioether (sulfide) groups is 1. The van der Waals surface area contributed by atoms with E-state index >= 15 is 0 Å². The fourth-order valence-corrected chi connectivity index (χ4v) is 4.21. The van der Waals surface area contributed by atoms with Gasteiger partial charge in [-0.3, -0.25) is 9.36 Å². The number of benzene rings is 2. The molecule has 2 aromatic carbocycles. The summed E-state index contributed by atoms with van der Waals surface area (Å²) in [5.41, 5.74) is 1.81. The second kappa shape index (κ2) is 10.5. The van der Waals surface area contributed by atoms with Gasteiger partial charge >= 0.3 is 0 Å². The Bertz CT molecular complexity index is 1000. The second-order valence-corrected chi connectivity index (χ2v) is 8.27. The van der Waals surface area contributed by atoms with Gasteiger partial charge in [-0.1, -0.05) is 54.2 Å². The lowest BCUT2D eigenvalue weighted by Gasteiger charge is -2.28. The van der Waals surface area contributed by atoms with Gasteiger partial charge in [-0.2, -0.15) is 0 Å². The highest BCUT2D eigenvalue weighted by Gasteiger charge is 2.21. The summed E-state index contributed by atoms with van der Waals surface area (Å²) in [6.45, 7) is 5.74. The summed E-state index contributed by atoms with van der Waals surface area (Å²) in [4.78, 5) is 14.0. The van der Waals surface area contributed by atoms with Gasteiger partial charge in [0.05, 0.1) is 31.9 Å². The average molecular weight is 439 g/mol. The van der Waals surface area contributed by atoms with Crippen LogP contribution in [0.25, 0.3) is 0 Å². The molecule has 2 heterocycles. The minimum absolute atomic E-state index is 0.000935. The summed E-state index contributed by atoms with van der Waals surface area (Å²) in [6, 6.07) is 17.7. The van der Waals surface area contributed by atoms with Gasteiger partial charge in [-0.25, -0.2) is 0 Å². The number of Topliss-reactive ketones (excluding diaryl/α,β-unsaturated/α-hetero) is 1. The summed E-state index contributed by atoms with van der Waals surface area (Å²) < 4.78 is 13.5. The van der Waals surface area contributed by atoms with Crippen LogP contribution in [0.2, 0.25) is 0 Å². The Kier molecular flexibility index (Phi) is 7.22. The monoisotopic (exact) mass is 438 g/mol. The number of hydrogen-bond donors (Lipinski definition) is 0. The molecule has 0 radical (unpaired) electrons. The van der Waals surface area contributed by atoms with E-state index in [0.29, 0.717) is 43.4 Å². The van der Waals surface area contributed by atoms with Crippen molar-refractivity contribution in [2.45, 2.75) is 18.6 Å². The maximum absolute atomic E-state index is 11.8. The molecule has 1 saturated heterocycles. The molecule has 0 spiro atoms. The van der Waals surface area contributed by atoms with Crippen molar-refractivity contribution in [3.63, 3.8) is 0 Å². The highest BCUT2D eigenvalue weighted by Crippen LogP contribution is 2.25. The average Bonchev–Trinajstić information content (AvgIpc) is 3.20. The minimum atomic E-state index is 0.000935. The topological polar surface area (TPSA) is 69.5 Å². The first-order valence-corrected chi connectivity index (χ1v) is 11.4. The highest BCUT2D eigenvalue weighted by molar-refractivity contribution is 7.99. The molecule has 0 aliphatic carbocycles. The lowest BCUT2D eigenvalue weighted by Crippen LogP contribution is -2.38. The van der Waals surface area contributed by atoms with Crippen molar-refractivity contribution >= 4 is 23.5 Å². The smallest absolute Gasteiger partial charge is 0.228 e. The Balaban J connectivity index is 1.45. The maximum Gasteiger partial charge on any atom is 0.228 e. The molecule has 0 saturated carbocycles. The van der Waals surface area contributed by atoms with Gasteiger partial charge in [0.25, 0.3) is 0 Å². The third-order valence-electron chi connectivity index (χ3n) is 5.01. The van der Waals surface area contributed by atoms with Crippen molar-refractivity contribution in [3.8, 4) is 5.75 Å². The molecular weight excluding hydrogens is 412 g/mol. The Morgan fingerprint density at radius 1 is 1.06 bits per heavy atom. The molecular formula is C23H26N4O3S. The largest absolute Gasteiger partial charge is 0.492 e. The van der Waals surface area contributed by atoms with Gasteiger partial charge in [0.2, 0.25) is 5.95 Å². The summed E-state index contributed by atoms with van der Waals surface area (Å²) in [5, 5.41) is 9.80. The van der Waals surface area contributed by atoms with Gasteiger partial charge in [0.1, 0.15) is 5.75 Å². The Morgan fingerprint density at radius 3 is 2.58 bits per heavy atom. The standard InChI is InChI=1S/C23H26N4O3S/c1-18(28)20-9-5-6-10-21(20)30-15-16-31-23-25-24-22(26-11-13-29-14-12-26)27(23)17-19-7-3-2-4-8-19/h2-10H,11-17H2,1H3. The molecule has 0 atom stereocenters. The lowest BCUT2D eigenvalue weighted by atomic mass is 10.1. The number of rotatable bonds is 9. The number of hydrogen-bond acceptors (Lipinski definition) is 7. The zero-order valence-corrected chi connectivity index (χ0v) is 18.4. The molecule has 0 amide bonds. The van der Waals surface area contributed by atoms with Crippen LogP contribution in [-0.2, 0) is 11.3 Å². The van der Waals surface area contributed by atoms with Crippen molar-refractivity contribution in [2.24, 2.45) is 0 Å². The van der Waals surface area contributed by atoms with Crippen molar-refractivity contribution in [3.05, 3.63) is 65.7 Å². The molecule has 0 unspecified atom stereocenters. The molecule has 0 N–H and O–H groups in total. The van der Waals surface area contributed by atoms with Crippen molar-refractivity contribution in [1.82, 2.24) is 14.8 Å². The molecule has 1 aliphatic rings. The maximum atomic E-state index is 11.8. The van der Waals surface area contributed by atoms with Crippen LogP contribution in [-0.4, -0.2) is 59.2 Å². The molecule has 8 heteroatoms. The third kappa shape index (κ3) is 5.45. The summed E-state index contributed by atoms with van der Waals surface area (Å²) >= 11 is 1.61. The van der Waals surface area contributed by atoms with Crippen LogP contribution in [0, 0.1) is 0 Å². The molecule has 3 aromatic rings. The quantitative estimate of drug-likeness (QED) is 0.288. The zero-order chi connectivity index (χ0) is 21.5. The van der Waals surface area contributed by atoms with E-state index in [-0.39, 0.29) is 5.78 Å². The first-order valence-electron chi connectivity index (χ1n) is 10.4. The van der Waals surface area contributed by atoms with Crippen LogP contribution in [0.5, 0.6) is 5.75 Å². The number of aromatic nitrogens is 3. The van der Waals surface area contributed by atoms with E-state index in [2.05, 4.69) is 31.8 Å². The number of anilines is 1. The van der Waals surface area contributed by atoms with Gasteiger partial charge in [-0.15, -0.1) is 10.2 Å².